The highest BCUT2D eigenvalue weighted by Gasteiger charge is 2.46. The monoisotopic (exact) mass is 324 g/mol. The van der Waals surface area contributed by atoms with Gasteiger partial charge in [0.1, 0.15) is 0 Å². The Morgan fingerprint density at radius 1 is 0.952 bits per heavy atom. The molecule has 0 aromatic rings. The average Bonchev–Trinajstić information content (AvgIpc) is 2.46. The van der Waals surface area contributed by atoms with Gasteiger partial charge in [0.15, 0.2) is 6.29 Å². The summed E-state index contributed by atoms with van der Waals surface area (Å²) < 4.78 is 28.1. The Labute approximate surface area is 129 Å². The van der Waals surface area contributed by atoms with Gasteiger partial charge in [0, 0.05) is 33.0 Å². The van der Waals surface area contributed by atoms with Crippen LogP contribution in [0.1, 0.15) is 40.0 Å². The summed E-state index contributed by atoms with van der Waals surface area (Å²) in [7, 11) is -1.62. The quantitative estimate of drug-likeness (QED) is 0.363. The van der Waals surface area contributed by atoms with E-state index in [0.29, 0.717) is 32.8 Å². The molecule has 0 saturated carbocycles. The van der Waals surface area contributed by atoms with Crippen LogP contribution in [0.2, 0.25) is 0 Å². The van der Waals surface area contributed by atoms with Crippen LogP contribution in [-0.2, 0) is 22.4 Å². The number of nitrogens with two attached hydrogens (primary N) is 2. The minimum absolute atomic E-state index is 0.0411. The van der Waals surface area contributed by atoms with Gasteiger partial charge in [0.2, 0.25) is 0 Å². The molecule has 128 valence electrons. The molecule has 0 aliphatic heterocycles. The lowest BCUT2D eigenvalue weighted by Gasteiger charge is -2.30. The second kappa shape index (κ2) is 12.5. The van der Waals surface area contributed by atoms with Gasteiger partial charge in [0.25, 0.3) is 0 Å². The second-order valence-corrected chi connectivity index (χ2v) is 6.71. The number of ether oxygens (including phenoxy) is 1. The molecule has 0 heterocycles. The fourth-order valence-corrected chi connectivity index (χ4v) is 3.63. The van der Waals surface area contributed by atoms with Crippen molar-refractivity contribution < 1.29 is 22.4 Å². The highest BCUT2D eigenvalue weighted by atomic mass is 28.4. The molecule has 7 nitrogen and oxygen atoms in total. The molecule has 2 atom stereocenters. The third-order valence-electron chi connectivity index (χ3n) is 2.83. The van der Waals surface area contributed by atoms with E-state index in [9.17, 15) is 0 Å². The van der Waals surface area contributed by atoms with Gasteiger partial charge in [-0.15, -0.1) is 0 Å². The van der Waals surface area contributed by atoms with Crippen molar-refractivity contribution in [2.75, 3.05) is 33.5 Å². The standard InChI is InChI=1S/C13H32N2O5Si/c1-5-17-13(9-8-12(15)10-11-14)20-21(16-4,18-6-2)19-7-3/h12-13H,5-11,14-15H2,1-4H3. The predicted molar refractivity (Wildman–Crippen MR) is 83.4 cm³/mol. The molecular weight excluding hydrogens is 292 g/mol. The molecule has 4 N–H and O–H groups in total. The lowest BCUT2D eigenvalue weighted by Crippen LogP contribution is -2.51. The summed E-state index contributed by atoms with van der Waals surface area (Å²) in [6.45, 7) is 7.66. The zero-order valence-electron chi connectivity index (χ0n) is 13.8. The molecular formula is C13H32N2O5Si. The van der Waals surface area contributed by atoms with Crippen LogP contribution < -0.4 is 11.5 Å². The molecule has 0 amide bonds. The summed E-state index contributed by atoms with van der Waals surface area (Å²) in [5.74, 6) is 0. The number of hydrogen-bond acceptors (Lipinski definition) is 7. The van der Waals surface area contributed by atoms with Gasteiger partial charge in [-0.3, -0.25) is 0 Å². The van der Waals surface area contributed by atoms with Crippen molar-refractivity contribution in [2.24, 2.45) is 11.5 Å². The van der Waals surface area contributed by atoms with Gasteiger partial charge in [-0.05, 0) is 46.6 Å². The largest absolute Gasteiger partial charge is 0.681 e. The summed E-state index contributed by atoms with van der Waals surface area (Å²) in [4.78, 5) is 0. The molecule has 0 aliphatic rings. The fraction of sp³-hybridized carbons (Fsp3) is 1.00. The third kappa shape index (κ3) is 8.84. The molecule has 0 fully saturated rings. The third-order valence-corrected chi connectivity index (χ3v) is 5.17. The zero-order chi connectivity index (χ0) is 16.1. The summed E-state index contributed by atoms with van der Waals surface area (Å²) in [6, 6.07) is 0.0411. The van der Waals surface area contributed by atoms with Gasteiger partial charge >= 0.3 is 9.05 Å². The summed E-state index contributed by atoms with van der Waals surface area (Å²) >= 11 is 0. The Hall–Kier alpha value is -0.0631. The topological polar surface area (TPSA) is 98.2 Å². The van der Waals surface area contributed by atoms with Crippen molar-refractivity contribution in [2.45, 2.75) is 52.4 Å². The lowest BCUT2D eigenvalue weighted by molar-refractivity contribution is -0.147. The first-order chi connectivity index (χ1) is 10.1. The van der Waals surface area contributed by atoms with Crippen LogP contribution in [0.15, 0.2) is 0 Å². The van der Waals surface area contributed by atoms with E-state index in [1.54, 1.807) is 0 Å². The maximum atomic E-state index is 5.97. The molecule has 0 radical (unpaired) electrons. The van der Waals surface area contributed by atoms with Crippen LogP contribution in [0.3, 0.4) is 0 Å². The first-order valence-corrected chi connectivity index (χ1v) is 9.28. The molecule has 0 bridgehead atoms. The van der Waals surface area contributed by atoms with Crippen molar-refractivity contribution in [3.63, 3.8) is 0 Å². The lowest BCUT2D eigenvalue weighted by atomic mass is 10.1. The van der Waals surface area contributed by atoms with E-state index in [1.165, 1.54) is 7.11 Å². The van der Waals surface area contributed by atoms with Crippen molar-refractivity contribution >= 4 is 9.05 Å². The van der Waals surface area contributed by atoms with E-state index in [1.807, 2.05) is 20.8 Å². The maximum absolute atomic E-state index is 5.97. The highest BCUT2D eigenvalue weighted by Crippen LogP contribution is 2.18. The van der Waals surface area contributed by atoms with Gasteiger partial charge in [-0.1, -0.05) is 0 Å². The van der Waals surface area contributed by atoms with Crippen molar-refractivity contribution in [3.8, 4) is 0 Å². The zero-order valence-corrected chi connectivity index (χ0v) is 14.8. The fourth-order valence-electron chi connectivity index (χ4n) is 1.86. The average molecular weight is 324 g/mol. The predicted octanol–water partition coefficient (Wildman–Crippen LogP) is 0.977. The normalized spacial score (nSPS) is 15.1. The molecule has 21 heavy (non-hydrogen) atoms. The van der Waals surface area contributed by atoms with Crippen LogP contribution in [0.5, 0.6) is 0 Å². The van der Waals surface area contributed by atoms with Gasteiger partial charge < -0.3 is 33.9 Å². The minimum atomic E-state index is -3.15. The van der Waals surface area contributed by atoms with E-state index >= 15 is 0 Å². The smallest absolute Gasteiger partial charge is 0.355 e. The van der Waals surface area contributed by atoms with E-state index in [0.717, 1.165) is 12.8 Å². The van der Waals surface area contributed by atoms with Crippen LogP contribution in [0.25, 0.3) is 0 Å². The molecule has 0 aliphatic carbocycles. The number of hydrogen-bond donors (Lipinski definition) is 2. The minimum Gasteiger partial charge on any atom is -0.355 e. The molecule has 0 aromatic carbocycles. The Kier molecular flexibility index (Phi) is 12.4. The molecule has 8 heteroatoms. The molecule has 0 rings (SSSR count). The van der Waals surface area contributed by atoms with Crippen molar-refractivity contribution in [3.05, 3.63) is 0 Å². The van der Waals surface area contributed by atoms with Gasteiger partial charge in [-0.2, -0.15) is 0 Å². The summed E-state index contributed by atoms with van der Waals surface area (Å²) in [5.41, 5.74) is 11.5. The van der Waals surface area contributed by atoms with Crippen LogP contribution >= 0.6 is 0 Å². The summed E-state index contributed by atoms with van der Waals surface area (Å²) in [5, 5.41) is 0. The Morgan fingerprint density at radius 2 is 1.57 bits per heavy atom. The molecule has 0 saturated heterocycles. The number of rotatable bonds is 14. The first kappa shape index (κ1) is 20.9. The Balaban J connectivity index is 4.60. The van der Waals surface area contributed by atoms with Crippen LogP contribution in [0, 0.1) is 0 Å². The van der Waals surface area contributed by atoms with Gasteiger partial charge in [-0.25, -0.2) is 0 Å². The first-order valence-electron chi connectivity index (χ1n) is 7.65. The van der Waals surface area contributed by atoms with Crippen LogP contribution in [-0.4, -0.2) is 54.9 Å². The Bertz CT molecular complexity index is 243. The Morgan fingerprint density at radius 3 is 2.00 bits per heavy atom. The van der Waals surface area contributed by atoms with Crippen LogP contribution in [0.4, 0.5) is 0 Å². The highest BCUT2D eigenvalue weighted by molar-refractivity contribution is 6.53. The van der Waals surface area contributed by atoms with E-state index < -0.39 is 15.3 Å². The summed E-state index contributed by atoms with van der Waals surface area (Å²) in [6.07, 6.45) is 1.73. The molecule has 0 aromatic heterocycles. The van der Waals surface area contributed by atoms with Crippen molar-refractivity contribution in [1.29, 1.82) is 0 Å². The SMILES string of the molecule is CCOC(CCC(N)CCN)O[Si](OC)(OCC)OCC. The van der Waals surface area contributed by atoms with Crippen molar-refractivity contribution in [1.82, 2.24) is 0 Å². The molecule has 2 unspecified atom stereocenters. The second-order valence-electron chi connectivity index (χ2n) is 4.49. The van der Waals surface area contributed by atoms with E-state index in [2.05, 4.69) is 0 Å². The molecule has 0 spiro atoms. The van der Waals surface area contributed by atoms with Gasteiger partial charge in [0.05, 0.1) is 0 Å². The van der Waals surface area contributed by atoms with E-state index in [-0.39, 0.29) is 6.04 Å². The maximum Gasteiger partial charge on any atom is 0.681 e. The van der Waals surface area contributed by atoms with E-state index in [4.69, 9.17) is 33.9 Å².